The smallest absolute Gasteiger partial charge is 0.0616 e. The molecule has 1 aromatic rings. The SMILES string of the molecule is BrC1C(C2CCCCC2)=Cc2ccccc21. The van der Waals surface area contributed by atoms with Crippen molar-refractivity contribution in [3.63, 3.8) is 0 Å². The van der Waals surface area contributed by atoms with E-state index in [2.05, 4.69) is 46.3 Å². The summed E-state index contributed by atoms with van der Waals surface area (Å²) >= 11 is 3.87. The van der Waals surface area contributed by atoms with E-state index in [0.29, 0.717) is 4.83 Å². The molecule has 0 radical (unpaired) electrons. The van der Waals surface area contributed by atoms with Gasteiger partial charge in [-0.05, 0) is 35.5 Å². The molecule has 0 spiro atoms. The van der Waals surface area contributed by atoms with Crippen LogP contribution in [0.5, 0.6) is 0 Å². The number of hydrogen-bond donors (Lipinski definition) is 0. The molecule has 16 heavy (non-hydrogen) atoms. The summed E-state index contributed by atoms with van der Waals surface area (Å²) in [7, 11) is 0. The van der Waals surface area contributed by atoms with Crippen molar-refractivity contribution in [1.82, 2.24) is 0 Å². The van der Waals surface area contributed by atoms with Gasteiger partial charge in [0, 0.05) is 0 Å². The van der Waals surface area contributed by atoms with Crippen LogP contribution in [-0.4, -0.2) is 0 Å². The maximum atomic E-state index is 3.87. The van der Waals surface area contributed by atoms with Gasteiger partial charge in [-0.25, -0.2) is 0 Å². The van der Waals surface area contributed by atoms with Crippen molar-refractivity contribution < 1.29 is 0 Å². The number of rotatable bonds is 1. The highest BCUT2D eigenvalue weighted by Crippen LogP contribution is 2.47. The first-order valence-corrected chi connectivity index (χ1v) is 7.22. The first kappa shape index (κ1) is 10.6. The molecule has 1 aromatic carbocycles. The Kier molecular flexibility index (Phi) is 2.89. The lowest BCUT2D eigenvalue weighted by Gasteiger charge is -2.25. The largest absolute Gasteiger partial charge is 0.0790 e. The summed E-state index contributed by atoms with van der Waals surface area (Å²) in [5.41, 5.74) is 4.51. The van der Waals surface area contributed by atoms with E-state index in [1.807, 2.05) is 0 Å². The summed E-state index contributed by atoms with van der Waals surface area (Å²) in [5.74, 6) is 0.825. The Bertz CT molecular complexity index is 413. The highest BCUT2D eigenvalue weighted by Gasteiger charge is 2.28. The summed E-state index contributed by atoms with van der Waals surface area (Å²) in [4.78, 5) is 0.479. The number of benzene rings is 1. The first-order chi connectivity index (χ1) is 7.86. The van der Waals surface area contributed by atoms with Crippen LogP contribution < -0.4 is 0 Å². The molecule has 2 aliphatic carbocycles. The second-order valence-electron chi connectivity index (χ2n) is 4.97. The van der Waals surface area contributed by atoms with Gasteiger partial charge in [0.1, 0.15) is 0 Å². The number of allylic oxidation sites excluding steroid dienone is 1. The third-order valence-corrected chi connectivity index (χ3v) is 4.98. The average Bonchev–Trinajstić information content (AvgIpc) is 2.69. The van der Waals surface area contributed by atoms with Crippen LogP contribution in [-0.2, 0) is 0 Å². The third-order valence-electron chi connectivity index (χ3n) is 3.96. The van der Waals surface area contributed by atoms with Crippen LogP contribution in [0.3, 0.4) is 0 Å². The van der Waals surface area contributed by atoms with Crippen molar-refractivity contribution in [3.8, 4) is 0 Å². The fourth-order valence-electron chi connectivity index (χ4n) is 3.07. The minimum absolute atomic E-state index is 0.479. The van der Waals surface area contributed by atoms with E-state index in [4.69, 9.17) is 0 Å². The van der Waals surface area contributed by atoms with Gasteiger partial charge in [0.15, 0.2) is 0 Å². The molecule has 2 aliphatic rings. The summed E-state index contributed by atoms with van der Waals surface area (Å²) in [6, 6.07) is 8.77. The Hall–Kier alpha value is -0.560. The second kappa shape index (κ2) is 4.37. The molecule has 0 bridgehead atoms. The van der Waals surface area contributed by atoms with Gasteiger partial charge in [-0.2, -0.15) is 0 Å². The minimum Gasteiger partial charge on any atom is -0.0790 e. The van der Waals surface area contributed by atoms with Gasteiger partial charge in [0.2, 0.25) is 0 Å². The molecule has 0 nitrogen and oxygen atoms in total. The normalized spacial score (nSPS) is 25.3. The highest BCUT2D eigenvalue weighted by atomic mass is 79.9. The lowest BCUT2D eigenvalue weighted by molar-refractivity contribution is 0.400. The summed E-state index contributed by atoms with van der Waals surface area (Å²) in [6.07, 6.45) is 9.47. The van der Waals surface area contributed by atoms with Crippen molar-refractivity contribution in [3.05, 3.63) is 41.0 Å². The van der Waals surface area contributed by atoms with Crippen molar-refractivity contribution in [2.75, 3.05) is 0 Å². The molecule has 0 aromatic heterocycles. The molecule has 3 rings (SSSR count). The van der Waals surface area contributed by atoms with Crippen LogP contribution in [0, 0.1) is 5.92 Å². The predicted octanol–water partition coefficient (Wildman–Crippen LogP) is 5.10. The molecule has 0 amide bonds. The molecule has 1 atom stereocenters. The Morgan fingerprint density at radius 2 is 1.75 bits per heavy atom. The van der Waals surface area contributed by atoms with Gasteiger partial charge in [-0.3, -0.25) is 0 Å². The zero-order valence-electron chi connectivity index (χ0n) is 9.45. The molecule has 1 unspecified atom stereocenters. The molecule has 0 aliphatic heterocycles. The summed E-state index contributed by atoms with van der Waals surface area (Å²) < 4.78 is 0. The second-order valence-corrected chi connectivity index (χ2v) is 5.89. The van der Waals surface area contributed by atoms with Crippen molar-refractivity contribution in [1.29, 1.82) is 0 Å². The Morgan fingerprint density at radius 3 is 2.50 bits per heavy atom. The van der Waals surface area contributed by atoms with Crippen molar-refractivity contribution >= 4 is 22.0 Å². The molecule has 0 heterocycles. The molecule has 0 N–H and O–H groups in total. The van der Waals surface area contributed by atoms with E-state index in [1.54, 1.807) is 5.57 Å². The average molecular weight is 277 g/mol. The fourth-order valence-corrected chi connectivity index (χ4v) is 3.99. The highest BCUT2D eigenvalue weighted by molar-refractivity contribution is 9.09. The van der Waals surface area contributed by atoms with Crippen LogP contribution in [0.1, 0.15) is 48.1 Å². The number of alkyl halides is 1. The predicted molar refractivity (Wildman–Crippen MR) is 72.7 cm³/mol. The number of halogens is 1. The van der Waals surface area contributed by atoms with Gasteiger partial charge in [-0.1, -0.05) is 65.5 Å². The molecule has 1 fully saturated rings. The van der Waals surface area contributed by atoms with E-state index in [-0.39, 0.29) is 0 Å². The van der Waals surface area contributed by atoms with E-state index in [9.17, 15) is 0 Å². The standard InChI is InChI=1S/C15H17Br/c16-15-13-9-5-4-8-12(13)10-14(15)11-6-2-1-3-7-11/h4-5,8-11,15H,1-3,6-7H2. The van der Waals surface area contributed by atoms with Crippen LogP contribution in [0.25, 0.3) is 6.08 Å². The van der Waals surface area contributed by atoms with Crippen molar-refractivity contribution in [2.24, 2.45) is 5.92 Å². The molecule has 1 saturated carbocycles. The van der Waals surface area contributed by atoms with Crippen molar-refractivity contribution in [2.45, 2.75) is 36.9 Å². The minimum atomic E-state index is 0.479. The zero-order valence-corrected chi connectivity index (χ0v) is 11.0. The lowest BCUT2D eigenvalue weighted by atomic mass is 9.83. The lowest BCUT2D eigenvalue weighted by Crippen LogP contribution is -2.10. The summed E-state index contributed by atoms with van der Waals surface area (Å²) in [6.45, 7) is 0. The quantitative estimate of drug-likeness (QED) is 0.626. The molecular formula is C15H17Br. The van der Waals surface area contributed by atoms with Gasteiger partial charge in [-0.15, -0.1) is 0 Å². The Labute approximate surface area is 106 Å². The van der Waals surface area contributed by atoms with Gasteiger partial charge < -0.3 is 0 Å². The fraction of sp³-hybridized carbons (Fsp3) is 0.467. The van der Waals surface area contributed by atoms with Crippen LogP contribution in [0.15, 0.2) is 29.8 Å². The molecule has 1 heteroatoms. The van der Waals surface area contributed by atoms with E-state index < -0.39 is 0 Å². The van der Waals surface area contributed by atoms with Crippen LogP contribution >= 0.6 is 15.9 Å². The Morgan fingerprint density at radius 1 is 1.00 bits per heavy atom. The summed E-state index contributed by atoms with van der Waals surface area (Å²) in [5, 5.41) is 0. The van der Waals surface area contributed by atoms with Gasteiger partial charge in [0.05, 0.1) is 4.83 Å². The number of hydrogen-bond acceptors (Lipinski definition) is 0. The number of fused-ring (bicyclic) bond motifs is 1. The monoisotopic (exact) mass is 276 g/mol. The van der Waals surface area contributed by atoms with E-state index in [0.717, 1.165) is 5.92 Å². The van der Waals surface area contributed by atoms with E-state index >= 15 is 0 Å². The Balaban J connectivity index is 1.89. The van der Waals surface area contributed by atoms with Gasteiger partial charge in [0.25, 0.3) is 0 Å². The maximum Gasteiger partial charge on any atom is 0.0616 e. The maximum absolute atomic E-state index is 3.87. The van der Waals surface area contributed by atoms with Gasteiger partial charge >= 0.3 is 0 Å². The van der Waals surface area contributed by atoms with E-state index in [1.165, 1.54) is 43.2 Å². The van der Waals surface area contributed by atoms with Crippen LogP contribution in [0.4, 0.5) is 0 Å². The first-order valence-electron chi connectivity index (χ1n) is 6.31. The topological polar surface area (TPSA) is 0 Å². The zero-order chi connectivity index (χ0) is 11.0. The molecule has 0 saturated heterocycles. The van der Waals surface area contributed by atoms with Crippen LogP contribution in [0.2, 0.25) is 0 Å². The molecular weight excluding hydrogens is 260 g/mol. The third kappa shape index (κ3) is 1.75. The molecule has 84 valence electrons.